The third kappa shape index (κ3) is 4.53. The molecule has 3 aromatic carbocycles. The lowest BCUT2D eigenvalue weighted by Gasteiger charge is -2.36. The largest absolute Gasteiger partial charge is 0.478 e. The number of para-hydroxylation sites is 1. The van der Waals surface area contributed by atoms with Crippen LogP contribution in [0.1, 0.15) is 27.2 Å². The Morgan fingerprint density at radius 2 is 1.47 bits per heavy atom. The Morgan fingerprint density at radius 3 is 2.11 bits per heavy atom. The number of hydrogen-bond acceptors (Lipinski definition) is 5. The Labute approximate surface area is 224 Å². The van der Waals surface area contributed by atoms with E-state index in [1.807, 2.05) is 32.0 Å². The van der Waals surface area contributed by atoms with Gasteiger partial charge in [-0.3, -0.25) is 19.4 Å². The fourth-order valence-electron chi connectivity index (χ4n) is 4.13. The third-order valence-electron chi connectivity index (χ3n) is 6.34. The van der Waals surface area contributed by atoms with Gasteiger partial charge in [0.15, 0.2) is 5.11 Å². The summed E-state index contributed by atoms with van der Waals surface area (Å²) >= 11 is 5.67. The van der Waals surface area contributed by atoms with E-state index in [-0.39, 0.29) is 16.2 Å². The van der Waals surface area contributed by atoms with Crippen LogP contribution in [0.3, 0.4) is 0 Å². The number of carbonyl (C=O) groups excluding carboxylic acids is 2. The summed E-state index contributed by atoms with van der Waals surface area (Å²) in [5.74, 6) is -1.38. The molecule has 5 rings (SSSR count). The predicted octanol–water partition coefficient (Wildman–Crippen LogP) is 6.01. The number of benzene rings is 3. The van der Waals surface area contributed by atoms with Gasteiger partial charge in [0.25, 0.3) is 11.8 Å². The monoisotopic (exact) mass is 522 g/mol. The highest BCUT2D eigenvalue weighted by Crippen LogP contribution is 2.32. The standard InChI is InChI=1S/C30H22N2O5S/c1-18-8-13-23(16-19(18)2)32-28(34)25(27(33)31(30(32)38)22-6-4-3-5-7-22)17-24-14-15-26(37-24)20-9-11-21(12-10-20)29(35)36/h3-17H,1-2H3,(H,35,36)/b25-17+. The molecule has 0 radical (unpaired) electrons. The van der Waals surface area contributed by atoms with E-state index in [1.54, 1.807) is 54.6 Å². The molecular formula is C30H22N2O5S. The lowest BCUT2D eigenvalue weighted by molar-refractivity contribution is -0.120. The molecule has 7 nitrogen and oxygen atoms in total. The second-order valence-corrected chi connectivity index (χ2v) is 9.18. The molecule has 1 fully saturated rings. The average molecular weight is 523 g/mol. The fraction of sp³-hybridized carbons (Fsp3) is 0.0667. The molecule has 8 heteroatoms. The van der Waals surface area contributed by atoms with Crippen LogP contribution in [0.4, 0.5) is 11.4 Å². The molecule has 1 aromatic heterocycles. The predicted molar refractivity (Wildman–Crippen MR) is 149 cm³/mol. The number of carbonyl (C=O) groups is 3. The van der Waals surface area contributed by atoms with Crippen molar-refractivity contribution in [1.82, 2.24) is 0 Å². The van der Waals surface area contributed by atoms with Crippen LogP contribution >= 0.6 is 12.2 Å². The van der Waals surface area contributed by atoms with Crippen molar-refractivity contribution in [3.05, 3.63) is 113 Å². The van der Waals surface area contributed by atoms with E-state index in [1.165, 1.54) is 28.0 Å². The average Bonchev–Trinajstić information content (AvgIpc) is 3.38. The van der Waals surface area contributed by atoms with Crippen molar-refractivity contribution < 1.29 is 23.9 Å². The van der Waals surface area contributed by atoms with Crippen molar-refractivity contribution >= 4 is 52.6 Å². The highest BCUT2D eigenvalue weighted by Gasteiger charge is 2.41. The van der Waals surface area contributed by atoms with E-state index in [4.69, 9.17) is 21.7 Å². The van der Waals surface area contributed by atoms with Crippen LogP contribution in [0.25, 0.3) is 17.4 Å². The molecule has 38 heavy (non-hydrogen) atoms. The molecular weight excluding hydrogens is 500 g/mol. The lowest BCUT2D eigenvalue weighted by Crippen LogP contribution is -2.57. The van der Waals surface area contributed by atoms with Gasteiger partial charge in [0.1, 0.15) is 17.1 Å². The maximum Gasteiger partial charge on any atom is 0.335 e. The minimum atomic E-state index is -1.02. The molecule has 1 aliphatic rings. The Hall–Kier alpha value is -4.82. The number of amides is 2. The summed E-state index contributed by atoms with van der Waals surface area (Å²) in [5, 5.41) is 9.19. The number of anilines is 2. The van der Waals surface area contributed by atoms with E-state index in [2.05, 4.69) is 0 Å². The lowest BCUT2D eigenvalue weighted by atomic mass is 10.1. The van der Waals surface area contributed by atoms with Crippen molar-refractivity contribution in [1.29, 1.82) is 0 Å². The summed E-state index contributed by atoms with van der Waals surface area (Å²) < 4.78 is 5.91. The number of carboxylic acids is 1. The van der Waals surface area contributed by atoms with Crippen molar-refractivity contribution in [3.63, 3.8) is 0 Å². The van der Waals surface area contributed by atoms with E-state index in [0.717, 1.165) is 11.1 Å². The van der Waals surface area contributed by atoms with Crippen LogP contribution < -0.4 is 9.80 Å². The molecule has 1 aliphatic heterocycles. The molecule has 0 atom stereocenters. The fourth-order valence-corrected chi connectivity index (χ4v) is 4.51. The van der Waals surface area contributed by atoms with E-state index in [9.17, 15) is 14.4 Å². The molecule has 0 saturated carbocycles. The van der Waals surface area contributed by atoms with Gasteiger partial charge in [-0.15, -0.1) is 0 Å². The van der Waals surface area contributed by atoms with Gasteiger partial charge in [-0.2, -0.15) is 0 Å². The zero-order valence-corrected chi connectivity index (χ0v) is 21.4. The van der Waals surface area contributed by atoms with Gasteiger partial charge in [-0.25, -0.2) is 4.79 Å². The molecule has 0 spiro atoms. The summed E-state index contributed by atoms with van der Waals surface area (Å²) in [5.41, 5.74) is 3.85. The van der Waals surface area contributed by atoms with Gasteiger partial charge < -0.3 is 9.52 Å². The summed E-state index contributed by atoms with van der Waals surface area (Å²) in [7, 11) is 0. The van der Waals surface area contributed by atoms with Crippen LogP contribution in [-0.4, -0.2) is 28.0 Å². The highest BCUT2D eigenvalue weighted by molar-refractivity contribution is 7.81. The molecule has 2 amide bonds. The number of rotatable bonds is 5. The number of aromatic carboxylic acids is 1. The van der Waals surface area contributed by atoms with E-state index < -0.39 is 17.8 Å². The van der Waals surface area contributed by atoms with Crippen molar-refractivity contribution in [2.45, 2.75) is 13.8 Å². The van der Waals surface area contributed by atoms with Crippen LogP contribution in [0.5, 0.6) is 0 Å². The maximum atomic E-state index is 13.7. The Balaban J connectivity index is 1.57. The molecule has 2 heterocycles. The second kappa shape index (κ2) is 9.91. The van der Waals surface area contributed by atoms with Crippen molar-refractivity contribution in [2.75, 3.05) is 9.80 Å². The van der Waals surface area contributed by atoms with Crippen LogP contribution in [0, 0.1) is 13.8 Å². The number of furan rings is 1. The maximum absolute atomic E-state index is 13.7. The van der Waals surface area contributed by atoms with Gasteiger partial charge in [-0.1, -0.05) is 36.4 Å². The van der Waals surface area contributed by atoms with Gasteiger partial charge in [0.05, 0.1) is 16.9 Å². The molecule has 0 aliphatic carbocycles. The first-order valence-corrected chi connectivity index (χ1v) is 12.2. The summed E-state index contributed by atoms with van der Waals surface area (Å²) in [4.78, 5) is 41.2. The van der Waals surface area contributed by atoms with Gasteiger partial charge in [0.2, 0.25) is 0 Å². The third-order valence-corrected chi connectivity index (χ3v) is 6.71. The Bertz CT molecular complexity index is 1620. The zero-order valence-electron chi connectivity index (χ0n) is 20.5. The molecule has 1 N–H and O–H groups in total. The summed E-state index contributed by atoms with van der Waals surface area (Å²) in [6.07, 6.45) is 1.41. The van der Waals surface area contributed by atoms with Gasteiger partial charge in [0, 0.05) is 5.56 Å². The molecule has 0 bridgehead atoms. The van der Waals surface area contributed by atoms with Crippen LogP contribution in [-0.2, 0) is 9.59 Å². The Kier molecular flexibility index (Phi) is 6.48. The number of thiocarbonyl (C=S) groups is 1. The zero-order chi connectivity index (χ0) is 27.0. The first-order chi connectivity index (χ1) is 18.2. The van der Waals surface area contributed by atoms with Crippen LogP contribution in [0.15, 0.2) is 94.9 Å². The van der Waals surface area contributed by atoms with E-state index in [0.29, 0.717) is 28.5 Å². The first kappa shape index (κ1) is 24.9. The molecule has 1 saturated heterocycles. The molecule has 0 unspecified atom stereocenters. The SMILES string of the molecule is Cc1ccc(N2C(=O)/C(=C/c3ccc(-c4ccc(C(=O)O)cc4)o3)C(=O)N(c3ccccc3)C2=S)cc1C. The van der Waals surface area contributed by atoms with Gasteiger partial charge in [-0.05, 0) is 91.8 Å². The first-order valence-electron chi connectivity index (χ1n) is 11.7. The molecule has 4 aromatic rings. The minimum Gasteiger partial charge on any atom is -0.478 e. The topological polar surface area (TPSA) is 91.1 Å². The number of aryl methyl sites for hydroxylation is 2. The quantitative estimate of drug-likeness (QED) is 0.196. The highest BCUT2D eigenvalue weighted by atomic mass is 32.1. The van der Waals surface area contributed by atoms with Crippen LogP contribution in [0.2, 0.25) is 0 Å². The number of carboxylic acid groups (broad SMARTS) is 1. The molecule has 188 valence electrons. The second-order valence-electron chi connectivity index (χ2n) is 8.81. The number of hydrogen-bond donors (Lipinski definition) is 1. The smallest absolute Gasteiger partial charge is 0.335 e. The Morgan fingerprint density at radius 1 is 0.816 bits per heavy atom. The van der Waals surface area contributed by atoms with E-state index >= 15 is 0 Å². The van der Waals surface area contributed by atoms with Gasteiger partial charge >= 0.3 is 5.97 Å². The van der Waals surface area contributed by atoms with Crippen molar-refractivity contribution in [2.24, 2.45) is 0 Å². The normalized spacial score (nSPS) is 14.9. The summed E-state index contributed by atoms with van der Waals surface area (Å²) in [6.45, 7) is 3.92. The minimum absolute atomic E-state index is 0.0604. The number of nitrogens with zero attached hydrogens (tertiary/aromatic N) is 2. The summed E-state index contributed by atoms with van der Waals surface area (Å²) in [6, 6.07) is 24.0. The van der Waals surface area contributed by atoms with Crippen molar-refractivity contribution in [3.8, 4) is 11.3 Å².